The minimum atomic E-state index is 0. The van der Waals surface area contributed by atoms with Gasteiger partial charge in [0.1, 0.15) is 5.82 Å². The van der Waals surface area contributed by atoms with Crippen LogP contribution in [0, 0.1) is 0 Å². The molecule has 2 aromatic heterocycles. The van der Waals surface area contributed by atoms with E-state index >= 15 is 0 Å². The second-order valence-electron chi connectivity index (χ2n) is 5.90. The first-order valence-corrected chi connectivity index (χ1v) is 8.65. The molecule has 0 aliphatic carbocycles. The molecule has 0 radical (unpaired) electrons. The van der Waals surface area contributed by atoms with Gasteiger partial charge in [-0.3, -0.25) is 10.1 Å². The van der Waals surface area contributed by atoms with Crippen molar-refractivity contribution in [2.75, 3.05) is 7.05 Å². The van der Waals surface area contributed by atoms with Crippen molar-refractivity contribution in [3.63, 3.8) is 0 Å². The molecule has 0 aliphatic rings. The SMILES string of the molecule is CCCCCCC(C)NC(=NC)NCc1nc(-c2ccco2)n[nH]1.I. The van der Waals surface area contributed by atoms with Crippen molar-refractivity contribution in [2.45, 2.75) is 58.5 Å². The zero-order chi connectivity index (χ0) is 17.2. The summed E-state index contributed by atoms with van der Waals surface area (Å²) < 4.78 is 5.29. The predicted octanol–water partition coefficient (Wildman–Crippen LogP) is 3.71. The number of aromatic amines is 1. The van der Waals surface area contributed by atoms with E-state index in [1.165, 1.54) is 25.7 Å². The number of unbranched alkanes of at least 4 members (excludes halogenated alkanes) is 3. The summed E-state index contributed by atoms with van der Waals surface area (Å²) in [6.45, 7) is 4.94. The molecule has 0 spiro atoms. The number of hydrogen-bond acceptors (Lipinski definition) is 4. The maximum atomic E-state index is 5.29. The lowest BCUT2D eigenvalue weighted by molar-refractivity contribution is 0.536. The molecule has 2 heterocycles. The molecule has 1 unspecified atom stereocenters. The fraction of sp³-hybridized carbons (Fsp3) is 0.588. The van der Waals surface area contributed by atoms with E-state index in [2.05, 4.69) is 44.7 Å². The molecule has 25 heavy (non-hydrogen) atoms. The molecule has 140 valence electrons. The molecule has 3 N–H and O–H groups in total. The van der Waals surface area contributed by atoms with Gasteiger partial charge < -0.3 is 15.1 Å². The highest BCUT2D eigenvalue weighted by atomic mass is 127. The third-order valence-electron chi connectivity index (χ3n) is 3.79. The second kappa shape index (κ2) is 11.9. The van der Waals surface area contributed by atoms with Crippen LogP contribution >= 0.6 is 24.0 Å². The normalized spacial score (nSPS) is 12.5. The number of guanidine groups is 1. The Kier molecular flexibility index (Phi) is 10.2. The predicted molar refractivity (Wildman–Crippen MR) is 111 cm³/mol. The van der Waals surface area contributed by atoms with Crippen LogP contribution in [0.1, 0.15) is 51.8 Å². The maximum Gasteiger partial charge on any atom is 0.216 e. The lowest BCUT2D eigenvalue weighted by Crippen LogP contribution is -2.42. The van der Waals surface area contributed by atoms with Gasteiger partial charge in [0, 0.05) is 13.1 Å². The molecule has 8 heteroatoms. The third kappa shape index (κ3) is 7.45. The molecule has 0 amide bonds. The number of aromatic nitrogens is 3. The zero-order valence-electron chi connectivity index (χ0n) is 15.2. The van der Waals surface area contributed by atoms with E-state index in [4.69, 9.17) is 4.42 Å². The lowest BCUT2D eigenvalue weighted by Gasteiger charge is -2.17. The molecule has 0 bridgehead atoms. The standard InChI is InChI=1S/C17H28N6O.HI/c1-4-5-6-7-9-13(2)20-17(18-3)19-12-15-21-16(23-22-15)14-10-8-11-24-14;/h8,10-11,13H,4-7,9,12H2,1-3H3,(H2,18,19,20)(H,21,22,23);1H. The molecular formula is C17H29IN6O. The van der Waals surface area contributed by atoms with Gasteiger partial charge in [-0.15, -0.1) is 29.1 Å². The van der Waals surface area contributed by atoms with Gasteiger partial charge in [0.15, 0.2) is 11.7 Å². The van der Waals surface area contributed by atoms with Gasteiger partial charge in [-0.2, -0.15) is 0 Å². The number of rotatable bonds is 9. The first-order chi connectivity index (χ1) is 11.7. The van der Waals surface area contributed by atoms with Gasteiger partial charge in [-0.05, 0) is 25.5 Å². The summed E-state index contributed by atoms with van der Waals surface area (Å²) in [5.74, 6) is 2.72. The molecule has 1 atom stereocenters. The van der Waals surface area contributed by atoms with Gasteiger partial charge in [-0.1, -0.05) is 32.6 Å². The number of halogens is 1. The summed E-state index contributed by atoms with van der Waals surface area (Å²) in [5.41, 5.74) is 0. The summed E-state index contributed by atoms with van der Waals surface area (Å²) in [6.07, 6.45) is 7.87. The Balaban J connectivity index is 0.00000312. The van der Waals surface area contributed by atoms with E-state index in [0.717, 1.165) is 18.2 Å². The molecule has 0 aromatic carbocycles. The summed E-state index contributed by atoms with van der Waals surface area (Å²) in [6, 6.07) is 4.04. The molecule has 0 saturated carbocycles. The molecular weight excluding hydrogens is 431 g/mol. The Morgan fingerprint density at radius 1 is 1.36 bits per heavy atom. The summed E-state index contributed by atoms with van der Waals surface area (Å²) in [5, 5.41) is 13.7. The van der Waals surface area contributed by atoms with Crippen LogP contribution in [0.2, 0.25) is 0 Å². The second-order valence-corrected chi connectivity index (χ2v) is 5.90. The van der Waals surface area contributed by atoms with Crippen LogP contribution in [0.15, 0.2) is 27.8 Å². The zero-order valence-corrected chi connectivity index (χ0v) is 17.5. The van der Waals surface area contributed by atoms with E-state index < -0.39 is 0 Å². The molecule has 0 fully saturated rings. The van der Waals surface area contributed by atoms with Crippen LogP contribution in [0.4, 0.5) is 0 Å². The van der Waals surface area contributed by atoms with Crippen LogP contribution in [0.3, 0.4) is 0 Å². The Morgan fingerprint density at radius 3 is 2.88 bits per heavy atom. The lowest BCUT2D eigenvalue weighted by atomic mass is 10.1. The Morgan fingerprint density at radius 2 is 2.20 bits per heavy atom. The quantitative estimate of drug-likeness (QED) is 0.230. The van der Waals surface area contributed by atoms with Crippen molar-refractivity contribution < 1.29 is 4.42 Å². The first-order valence-electron chi connectivity index (χ1n) is 8.65. The average Bonchev–Trinajstić information content (AvgIpc) is 3.26. The summed E-state index contributed by atoms with van der Waals surface area (Å²) in [7, 11) is 1.77. The number of nitrogens with one attached hydrogen (secondary N) is 3. The van der Waals surface area contributed by atoms with Gasteiger partial charge in [0.25, 0.3) is 0 Å². The molecule has 0 saturated heterocycles. The summed E-state index contributed by atoms with van der Waals surface area (Å²) >= 11 is 0. The third-order valence-corrected chi connectivity index (χ3v) is 3.79. The molecule has 7 nitrogen and oxygen atoms in total. The van der Waals surface area contributed by atoms with Crippen molar-refractivity contribution >= 4 is 29.9 Å². The minimum absolute atomic E-state index is 0. The van der Waals surface area contributed by atoms with Crippen LogP contribution in [-0.2, 0) is 6.54 Å². The number of furan rings is 1. The monoisotopic (exact) mass is 460 g/mol. The van der Waals surface area contributed by atoms with Crippen LogP contribution < -0.4 is 10.6 Å². The maximum absolute atomic E-state index is 5.29. The molecule has 2 rings (SSSR count). The van der Waals surface area contributed by atoms with E-state index in [9.17, 15) is 0 Å². The van der Waals surface area contributed by atoms with Crippen LogP contribution in [0.5, 0.6) is 0 Å². The number of hydrogen-bond donors (Lipinski definition) is 3. The summed E-state index contributed by atoms with van der Waals surface area (Å²) in [4.78, 5) is 8.66. The Hall–Kier alpha value is -1.58. The highest BCUT2D eigenvalue weighted by Gasteiger charge is 2.09. The highest BCUT2D eigenvalue weighted by molar-refractivity contribution is 14.0. The fourth-order valence-corrected chi connectivity index (χ4v) is 2.44. The van der Waals surface area contributed by atoms with Gasteiger partial charge in [0.05, 0.1) is 12.8 Å². The number of nitrogens with zero attached hydrogens (tertiary/aromatic N) is 3. The van der Waals surface area contributed by atoms with Crippen molar-refractivity contribution in [3.8, 4) is 11.6 Å². The highest BCUT2D eigenvalue weighted by Crippen LogP contribution is 2.14. The van der Waals surface area contributed by atoms with Crippen molar-refractivity contribution in [1.29, 1.82) is 0 Å². The van der Waals surface area contributed by atoms with E-state index in [0.29, 0.717) is 24.2 Å². The number of aliphatic imine (C=N–C) groups is 1. The topological polar surface area (TPSA) is 91.1 Å². The first kappa shape index (κ1) is 21.5. The Bertz CT molecular complexity index is 610. The Labute approximate surface area is 166 Å². The van der Waals surface area contributed by atoms with Gasteiger partial charge >= 0.3 is 0 Å². The van der Waals surface area contributed by atoms with Crippen LogP contribution in [-0.4, -0.2) is 34.2 Å². The largest absolute Gasteiger partial charge is 0.461 e. The fourth-order valence-electron chi connectivity index (χ4n) is 2.44. The molecule has 0 aliphatic heterocycles. The number of H-pyrrole nitrogens is 1. The smallest absolute Gasteiger partial charge is 0.216 e. The van der Waals surface area contributed by atoms with Crippen molar-refractivity contribution in [1.82, 2.24) is 25.8 Å². The van der Waals surface area contributed by atoms with Crippen molar-refractivity contribution in [3.05, 3.63) is 24.2 Å². The van der Waals surface area contributed by atoms with E-state index in [-0.39, 0.29) is 24.0 Å². The van der Waals surface area contributed by atoms with Gasteiger partial charge in [-0.25, -0.2) is 4.98 Å². The van der Waals surface area contributed by atoms with Crippen molar-refractivity contribution in [2.24, 2.45) is 4.99 Å². The van der Waals surface area contributed by atoms with Crippen LogP contribution in [0.25, 0.3) is 11.6 Å². The minimum Gasteiger partial charge on any atom is -0.461 e. The average molecular weight is 460 g/mol. The molecule has 2 aromatic rings. The van der Waals surface area contributed by atoms with E-state index in [1.54, 1.807) is 13.3 Å². The van der Waals surface area contributed by atoms with Gasteiger partial charge in [0.2, 0.25) is 5.82 Å². The van der Waals surface area contributed by atoms with E-state index in [1.807, 2.05) is 12.1 Å².